The minimum atomic E-state index is -4.47. The van der Waals surface area contributed by atoms with E-state index >= 15 is 0 Å². The maximum absolute atomic E-state index is 13.1. The van der Waals surface area contributed by atoms with E-state index in [4.69, 9.17) is 0 Å². The van der Waals surface area contributed by atoms with E-state index in [1.54, 1.807) is 12.3 Å². The maximum atomic E-state index is 13.1. The Labute approximate surface area is 128 Å². The number of rotatable bonds is 4. The molecule has 0 unspecified atom stereocenters. The number of nitrogens with one attached hydrogen (secondary N) is 2. The first kappa shape index (κ1) is 14.9. The molecule has 0 saturated carbocycles. The average Bonchev–Trinajstić information content (AvgIpc) is 3.06. The van der Waals surface area contributed by atoms with E-state index in [1.165, 1.54) is 24.4 Å². The second kappa shape index (κ2) is 6.03. The molecule has 9 heteroatoms. The molecule has 0 fully saturated rings. The quantitative estimate of drug-likeness (QED) is 0.773. The van der Waals surface area contributed by atoms with Crippen molar-refractivity contribution >= 4 is 5.95 Å². The number of aromatic nitrogens is 5. The van der Waals surface area contributed by atoms with Crippen molar-refractivity contribution in [2.75, 3.05) is 5.32 Å². The molecule has 3 aromatic rings. The topological polar surface area (TPSA) is 79.4 Å². The fourth-order valence-electron chi connectivity index (χ4n) is 2.02. The smallest absolute Gasteiger partial charge is 0.347 e. The Balaban J connectivity index is 1.88. The molecular weight excluding hydrogens is 309 g/mol. The fraction of sp³-hybridized carbons (Fsp3) is 0.143. The third-order valence-corrected chi connectivity index (χ3v) is 3.06. The van der Waals surface area contributed by atoms with Gasteiger partial charge in [-0.25, -0.2) is 4.98 Å². The van der Waals surface area contributed by atoms with Gasteiger partial charge in [0.05, 0.1) is 29.7 Å². The van der Waals surface area contributed by atoms with Gasteiger partial charge in [0.25, 0.3) is 0 Å². The molecule has 0 aliphatic rings. The molecule has 6 nitrogen and oxygen atoms in total. The third kappa shape index (κ3) is 3.44. The number of benzene rings is 1. The lowest BCUT2D eigenvalue weighted by molar-refractivity contribution is -0.137. The monoisotopic (exact) mass is 320 g/mol. The Morgan fingerprint density at radius 1 is 1.13 bits per heavy atom. The van der Waals surface area contributed by atoms with Gasteiger partial charge in [0.2, 0.25) is 5.95 Å². The van der Waals surface area contributed by atoms with Crippen LogP contribution in [0.25, 0.3) is 11.3 Å². The molecule has 0 spiro atoms. The van der Waals surface area contributed by atoms with Crippen LogP contribution in [0.3, 0.4) is 0 Å². The van der Waals surface area contributed by atoms with Gasteiger partial charge in [-0.05, 0) is 12.1 Å². The summed E-state index contributed by atoms with van der Waals surface area (Å²) in [4.78, 5) is 4.10. The van der Waals surface area contributed by atoms with Crippen molar-refractivity contribution in [1.29, 1.82) is 0 Å². The van der Waals surface area contributed by atoms with E-state index in [1.807, 2.05) is 0 Å². The summed E-state index contributed by atoms with van der Waals surface area (Å²) >= 11 is 0. The Hall–Kier alpha value is -2.97. The summed E-state index contributed by atoms with van der Waals surface area (Å²) in [5.41, 5.74) is 0.0780. The van der Waals surface area contributed by atoms with Crippen LogP contribution in [0.15, 0.2) is 42.7 Å². The molecular formula is C14H11F3N6. The van der Waals surface area contributed by atoms with Gasteiger partial charge in [-0.1, -0.05) is 18.2 Å². The van der Waals surface area contributed by atoms with E-state index in [-0.39, 0.29) is 17.2 Å². The standard InChI is InChI=1S/C14H11F3N6/c15-14(16,17)11-4-2-1-3-10(11)12-8-20-23-13(21-12)18-7-9-5-6-19-22-9/h1-6,8H,7H2,(H,19,22)(H,18,21,23). The summed E-state index contributed by atoms with van der Waals surface area (Å²) in [7, 11) is 0. The van der Waals surface area contributed by atoms with E-state index < -0.39 is 11.7 Å². The van der Waals surface area contributed by atoms with E-state index in [0.29, 0.717) is 6.54 Å². The highest BCUT2D eigenvalue weighted by Crippen LogP contribution is 2.36. The molecule has 0 radical (unpaired) electrons. The van der Waals surface area contributed by atoms with Crippen LogP contribution in [-0.4, -0.2) is 25.4 Å². The first-order valence-electron chi connectivity index (χ1n) is 6.62. The van der Waals surface area contributed by atoms with Gasteiger partial charge in [-0.2, -0.15) is 23.4 Å². The van der Waals surface area contributed by atoms with Crippen LogP contribution >= 0.6 is 0 Å². The molecule has 3 rings (SSSR count). The molecule has 0 aliphatic carbocycles. The van der Waals surface area contributed by atoms with Gasteiger partial charge >= 0.3 is 6.18 Å². The van der Waals surface area contributed by atoms with Crippen LogP contribution in [0.2, 0.25) is 0 Å². The highest BCUT2D eigenvalue weighted by atomic mass is 19.4. The average molecular weight is 320 g/mol. The number of hydrogen-bond acceptors (Lipinski definition) is 5. The molecule has 118 valence electrons. The van der Waals surface area contributed by atoms with Crippen LogP contribution in [0.4, 0.5) is 19.1 Å². The summed E-state index contributed by atoms with van der Waals surface area (Å²) < 4.78 is 39.2. The number of nitrogens with zero attached hydrogens (tertiary/aromatic N) is 4. The Bertz CT molecular complexity index is 785. The lowest BCUT2D eigenvalue weighted by Gasteiger charge is -2.12. The van der Waals surface area contributed by atoms with Gasteiger partial charge in [0, 0.05) is 11.8 Å². The van der Waals surface area contributed by atoms with Crippen LogP contribution < -0.4 is 5.32 Å². The lowest BCUT2D eigenvalue weighted by Crippen LogP contribution is -2.09. The predicted molar refractivity (Wildman–Crippen MR) is 76.2 cm³/mol. The van der Waals surface area contributed by atoms with Crippen molar-refractivity contribution in [2.24, 2.45) is 0 Å². The Morgan fingerprint density at radius 3 is 2.70 bits per heavy atom. The lowest BCUT2D eigenvalue weighted by atomic mass is 10.0. The predicted octanol–water partition coefficient (Wildman–Crippen LogP) is 2.89. The third-order valence-electron chi connectivity index (χ3n) is 3.06. The summed E-state index contributed by atoms with van der Waals surface area (Å²) in [6.07, 6.45) is -1.68. The van der Waals surface area contributed by atoms with Crippen LogP contribution in [0.5, 0.6) is 0 Å². The van der Waals surface area contributed by atoms with Crippen LogP contribution in [0, 0.1) is 0 Å². The van der Waals surface area contributed by atoms with Gasteiger partial charge in [-0.3, -0.25) is 5.10 Å². The van der Waals surface area contributed by atoms with Crippen molar-refractivity contribution in [3.63, 3.8) is 0 Å². The highest BCUT2D eigenvalue weighted by molar-refractivity contribution is 5.64. The van der Waals surface area contributed by atoms with Crippen molar-refractivity contribution < 1.29 is 13.2 Å². The first-order valence-corrected chi connectivity index (χ1v) is 6.62. The normalized spacial score (nSPS) is 11.4. The van der Waals surface area contributed by atoms with E-state index in [2.05, 4.69) is 30.7 Å². The first-order chi connectivity index (χ1) is 11.0. The summed E-state index contributed by atoms with van der Waals surface area (Å²) in [6.45, 7) is 0.353. The Kier molecular flexibility index (Phi) is 3.92. The van der Waals surface area contributed by atoms with Crippen molar-refractivity contribution in [3.8, 4) is 11.3 Å². The summed E-state index contributed by atoms with van der Waals surface area (Å²) in [5, 5.41) is 16.9. The van der Waals surface area contributed by atoms with Crippen molar-refractivity contribution in [1.82, 2.24) is 25.4 Å². The van der Waals surface area contributed by atoms with Crippen molar-refractivity contribution in [3.05, 3.63) is 54.0 Å². The number of halogens is 3. The van der Waals surface area contributed by atoms with E-state index in [9.17, 15) is 13.2 Å². The molecule has 1 aromatic carbocycles. The minimum Gasteiger partial charge on any atom is -0.347 e. The zero-order chi connectivity index (χ0) is 16.3. The van der Waals surface area contributed by atoms with Gasteiger partial charge in [-0.15, -0.1) is 5.10 Å². The van der Waals surface area contributed by atoms with Crippen LogP contribution in [0.1, 0.15) is 11.3 Å². The molecule has 0 aliphatic heterocycles. The van der Waals surface area contributed by atoms with E-state index in [0.717, 1.165) is 11.8 Å². The number of alkyl halides is 3. The molecule has 2 aromatic heterocycles. The number of aromatic amines is 1. The fourth-order valence-corrected chi connectivity index (χ4v) is 2.02. The van der Waals surface area contributed by atoms with Gasteiger partial charge in [0.15, 0.2) is 0 Å². The van der Waals surface area contributed by atoms with Crippen molar-refractivity contribution in [2.45, 2.75) is 12.7 Å². The number of hydrogen-bond donors (Lipinski definition) is 2. The largest absolute Gasteiger partial charge is 0.417 e. The molecule has 2 N–H and O–H groups in total. The number of anilines is 1. The summed E-state index contributed by atoms with van der Waals surface area (Å²) in [5.74, 6) is 0.133. The second-order valence-corrected chi connectivity index (χ2v) is 4.64. The van der Waals surface area contributed by atoms with Crippen LogP contribution in [-0.2, 0) is 12.7 Å². The zero-order valence-electron chi connectivity index (χ0n) is 11.7. The second-order valence-electron chi connectivity index (χ2n) is 4.64. The molecule has 0 atom stereocenters. The zero-order valence-corrected chi connectivity index (χ0v) is 11.7. The van der Waals surface area contributed by atoms with Gasteiger partial charge < -0.3 is 5.32 Å². The Morgan fingerprint density at radius 2 is 1.96 bits per heavy atom. The summed E-state index contributed by atoms with van der Waals surface area (Å²) in [6, 6.07) is 6.96. The molecule has 0 saturated heterocycles. The molecule has 0 bridgehead atoms. The number of H-pyrrole nitrogens is 1. The molecule has 23 heavy (non-hydrogen) atoms. The maximum Gasteiger partial charge on any atom is 0.417 e. The minimum absolute atomic E-state index is 0.0421. The molecule has 0 amide bonds. The highest BCUT2D eigenvalue weighted by Gasteiger charge is 2.33. The molecule has 2 heterocycles. The SMILES string of the molecule is FC(F)(F)c1ccccc1-c1cnnc(NCc2ccn[nH]2)n1. The van der Waals surface area contributed by atoms with Gasteiger partial charge in [0.1, 0.15) is 0 Å².